The van der Waals surface area contributed by atoms with Crippen LogP contribution in [0.25, 0.3) is 10.4 Å². The van der Waals surface area contributed by atoms with Crippen molar-refractivity contribution < 1.29 is 4.74 Å². The Hall–Kier alpha value is -1.52. The van der Waals surface area contributed by atoms with Crippen LogP contribution in [0.15, 0.2) is 35.7 Å². The zero-order valence-electron chi connectivity index (χ0n) is 13.4. The van der Waals surface area contributed by atoms with Gasteiger partial charge in [0.15, 0.2) is 0 Å². The molecule has 0 aliphatic carbocycles. The van der Waals surface area contributed by atoms with E-state index in [1.807, 2.05) is 11.3 Å². The first-order chi connectivity index (χ1) is 10.8. The number of anilines is 2. The van der Waals surface area contributed by atoms with Gasteiger partial charge in [0.2, 0.25) is 0 Å². The van der Waals surface area contributed by atoms with Crippen LogP contribution in [-0.4, -0.2) is 39.4 Å². The van der Waals surface area contributed by atoms with Gasteiger partial charge in [-0.2, -0.15) is 0 Å². The summed E-state index contributed by atoms with van der Waals surface area (Å²) >= 11 is 1.83. The third-order valence-corrected chi connectivity index (χ3v) is 5.21. The van der Waals surface area contributed by atoms with E-state index in [2.05, 4.69) is 59.4 Å². The molecule has 3 nitrogen and oxygen atoms in total. The largest absolute Gasteiger partial charge is 0.378 e. The maximum atomic E-state index is 5.43. The van der Waals surface area contributed by atoms with E-state index < -0.39 is 0 Å². The Morgan fingerprint density at radius 2 is 1.77 bits per heavy atom. The van der Waals surface area contributed by atoms with Gasteiger partial charge >= 0.3 is 0 Å². The highest BCUT2D eigenvalue weighted by atomic mass is 32.1. The smallest absolute Gasteiger partial charge is 0.0642 e. The Balaban J connectivity index is 1.75. The number of ether oxygens (including phenoxy) is 1. The molecule has 1 aliphatic rings. The lowest BCUT2D eigenvalue weighted by Crippen LogP contribution is -2.35. The molecule has 0 radical (unpaired) electrons. The van der Waals surface area contributed by atoms with E-state index in [4.69, 9.17) is 4.74 Å². The topological polar surface area (TPSA) is 15.7 Å². The lowest BCUT2D eigenvalue weighted by Gasteiger charge is -2.27. The number of hydrogen-bond donors (Lipinski definition) is 0. The van der Waals surface area contributed by atoms with Gasteiger partial charge in [-0.25, -0.2) is 0 Å². The minimum Gasteiger partial charge on any atom is -0.378 e. The zero-order valence-corrected chi connectivity index (χ0v) is 14.2. The molecule has 1 aromatic carbocycles. The monoisotopic (exact) mass is 316 g/mol. The van der Waals surface area contributed by atoms with Crippen molar-refractivity contribution >= 4 is 22.7 Å². The lowest BCUT2D eigenvalue weighted by atomic mass is 10.1. The Morgan fingerprint density at radius 1 is 1.09 bits per heavy atom. The standard InChI is InChI=1S/C18H24N2OS/c1-3-19(4-2)16-7-5-15(6-8-16)18-13-17(14-22-18)20-9-11-21-12-10-20/h5-8,13-14H,3-4,9-12H2,1-2H3. The Morgan fingerprint density at radius 3 is 2.41 bits per heavy atom. The maximum Gasteiger partial charge on any atom is 0.0642 e. The molecule has 1 aromatic heterocycles. The molecule has 0 saturated carbocycles. The summed E-state index contributed by atoms with van der Waals surface area (Å²) in [6, 6.07) is 11.3. The number of benzene rings is 1. The van der Waals surface area contributed by atoms with Gasteiger partial charge in [0, 0.05) is 47.8 Å². The SMILES string of the molecule is CCN(CC)c1ccc(-c2cc(N3CCOCC3)cs2)cc1. The summed E-state index contributed by atoms with van der Waals surface area (Å²) in [5, 5.41) is 2.26. The Labute approximate surface area is 137 Å². The van der Waals surface area contributed by atoms with Gasteiger partial charge in [0.1, 0.15) is 0 Å². The van der Waals surface area contributed by atoms with Gasteiger partial charge in [0.05, 0.1) is 13.2 Å². The summed E-state index contributed by atoms with van der Waals surface area (Å²) in [6.07, 6.45) is 0. The van der Waals surface area contributed by atoms with E-state index in [1.54, 1.807) is 0 Å². The zero-order chi connectivity index (χ0) is 15.4. The van der Waals surface area contributed by atoms with Gasteiger partial charge in [-0.05, 0) is 37.6 Å². The molecule has 2 heterocycles. The van der Waals surface area contributed by atoms with E-state index >= 15 is 0 Å². The van der Waals surface area contributed by atoms with Gasteiger partial charge in [0.25, 0.3) is 0 Å². The predicted molar refractivity (Wildman–Crippen MR) is 96.3 cm³/mol. The molecule has 0 amide bonds. The van der Waals surface area contributed by atoms with Crippen molar-refractivity contribution in [3.8, 4) is 10.4 Å². The summed E-state index contributed by atoms with van der Waals surface area (Å²) in [5.41, 5.74) is 3.94. The molecule has 1 fully saturated rings. The molecule has 0 unspecified atom stereocenters. The summed E-state index contributed by atoms with van der Waals surface area (Å²) in [4.78, 5) is 6.12. The van der Waals surface area contributed by atoms with E-state index in [0.717, 1.165) is 39.4 Å². The van der Waals surface area contributed by atoms with Crippen molar-refractivity contribution in [1.29, 1.82) is 0 Å². The normalized spacial score (nSPS) is 15.1. The third-order valence-electron chi connectivity index (χ3n) is 4.24. The summed E-state index contributed by atoms with van der Waals surface area (Å²) < 4.78 is 5.43. The molecule has 0 atom stereocenters. The number of thiophene rings is 1. The molecule has 4 heteroatoms. The quantitative estimate of drug-likeness (QED) is 0.826. The fraction of sp³-hybridized carbons (Fsp3) is 0.444. The van der Waals surface area contributed by atoms with Crippen LogP contribution in [0.5, 0.6) is 0 Å². The molecule has 2 aromatic rings. The maximum absolute atomic E-state index is 5.43. The number of hydrogen-bond acceptors (Lipinski definition) is 4. The average Bonchev–Trinajstić information content (AvgIpc) is 3.07. The van der Waals surface area contributed by atoms with E-state index in [-0.39, 0.29) is 0 Å². The van der Waals surface area contributed by atoms with Crippen LogP contribution in [0.2, 0.25) is 0 Å². The second kappa shape index (κ2) is 7.16. The minimum absolute atomic E-state index is 0.837. The first-order valence-corrected chi connectivity index (χ1v) is 8.96. The molecule has 0 N–H and O–H groups in total. The Kier molecular flexibility index (Phi) is 5.01. The highest BCUT2D eigenvalue weighted by Gasteiger charge is 2.13. The van der Waals surface area contributed by atoms with Crippen LogP contribution in [0, 0.1) is 0 Å². The predicted octanol–water partition coefficient (Wildman–Crippen LogP) is 4.10. The van der Waals surface area contributed by atoms with E-state index in [1.165, 1.54) is 21.8 Å². The fourth-order valence-electron chi connectivity index (χ4n) is 2.89. The third kappa shape index (κ3) is 3.28. The molecular formula is C18H24N2OS. The summed E-state index contributed by atoms with van der Waals surface area (Å²) in [7, 11) is 0. The molecule has 22 heavy (non-hydrogen) atoms. The summed E-state index contributed by atoms with van der Waals surface area (Å²) in [6.45, 7) is 10.2. The first kappa shape index (κ1) is 15.4. The van der Waals surface area contributed by atoms with Crippen molar-refractivity contribution in [3.05, 3.63) is 35.7 Å². The van der Waals surface area contributed by atoms with Gasteiger partial charge in [-0.15, -0.1) is 11.3 Å². The van der Waals surface area contributed by atoms with Crippen LogP contribution in [0.1, 0.15) is 13.8 Å². The van der Waals surface area contributed by atoms with Gasteiger partial charge < -0.3 is 14.5 Å². The van der Waals surface area contributed by atoms with Crippen LogP contribution >= 0.6 is 11.3 Å². The molecule has 0 bridgehead atoms. The van der Waals surface area contributed by atoms with Crippen molar-refractivity contribution in [2.45, 2.75) is 13.8 Å². The number of rotatable bonds is 5. The highest BCUT2D eigenvalue weighted by Crippen LogP contribution is 2.33. The van der Waals surface area contributed by atoms with Crippen LogP contribution in [0.3, 0.4) is 0 Å². The second-order valence-corrected chi connectivity index (χ2v) is 6.40. The molecule has 3 rings (SSSR count). The van der Waals surface area contributed by atoms with Crippen molar-refractivity contribution in [2.24, 2.45) is 0 Å². The van der Waals surface area contributed by atoms with Crippen LogP contribution in [-0.2, 0) is 4.74 Å². The first-order valence-electron chi connectivity index (χ1n) is 8.08. The van der Waals surface area contributed by atoms with Crippen LogP contribution in [0.4, 0.5) is 11.4 Å². The van der Waals surface area contributed by atoms with Crippen molar-refractivity contribution in [3.63, 3.8) is 0 Å². The van der Waals surface area contributed by atoms with E-state index in [9.17, 15) is 0 Å². The fourth-order valence-corrected chi connectivity index (χ4v) is 3.82. The molecular weight excluding hydrogens is 292 g/mol. The second-order valence-electron chi connectivity index (χ2n) is 5.49. The van der Waals surface area contributed by atoms with Gasteiger partial charge in [-0.3, -0.25) is 0 Å². The highest BCUT2D eigenvalue weighted by molar-refractivity contribution is 7.14. The molecule has 1 saturated heterocycles. The number of morpholine rings is 1. The molecule has 1 aliphatic heterocycles. The van der Waals surface area contributed by atoms with E-state index in [0.29, 0.717) is 0 Å². The molecule has 0 spiro atoms. The van der Waals surface area contributed by atoms with Crippen molar-refractivity contribution in [2.75, 3.05) is 49.2 Å². The van der Waals surface area contributed by atoms with Gasteiger partial charge in [-0.1, -0.05) is 12.1 Å². The lowest BCUT2D eigenvalue weighted by molar-refractivity contribution is 0.123. The summed E-state index contributed by atoms with van der Waals surface area (Å²) in [5.74, 6) is 0. The average molecular weight is 316 g/mol. The van der Waals surface area contributed by atoms with Crippen molar-refractivity contribution in [1.82, 2.24) is 0 Å². The molecule has 118 valence electrons. The Bertz CT molecular complexity index is 583. The minimum atomic E-state index is 0.837. The number of nitrogens with zero attached hydrogens (tertiary/aromatic N) is 2. The van der Waals surface area contributed by atoms with Crippen LogP contribution < -0.4 is 9.80 Å².